The lowest BCUT2D eigenvalue weighted by Gasteiger charge is -2.28. The Morgan fingerprint density at radius 2 is 1.62 bits per heavy atom. The largest absolute Gasteiger partial charge is 0.403 e. The summed E-state index contributed by atoms with van der Waals surface area (Å²) < 4.78 is 37.1. The predicted molar refractivity (Wildman–Crippen MR) is 47.6 cm³/mol. The maximum Gasteiger partial charge on any atom is 0.403 e. The summed E-state index contributed by atoms with van der Waals surface area (Å²) in [6, 6.07) is -1.38. The molecule has 1 N–H and O–H groups in total. The summed E-state index contributed by atoms with van der Waals surface area (Å²) in [7, 11) is 0. The molecular formula is C9H18F3N. The Labute approximate surface area is 77.7 Å². The average Bonchev–Trinajstić information content (AvgIpc) is 1.81. The molecule has 0 radical (unpaired) electrons. The van der Waals surface area contributed by atoms with Gasteiger partial charge in [-0.3, -0.25) is 0 Å². The Morgan fingerprint density at radius 3 is 1.85 bits per heavy atom. The number of halogens is 3. The van der Waals surface area contributed by atoms with E-state index >= 15 is 0 Å². The second-order valence-corrected chi connectivity index (χ2v) is 4.42. The van der Waals surface area contributed by atoms with Crippen LogP contribution in [0.25, 0.3) is 0 Å². The highest BCUT2D eigenvalue weighted by Gasteiger charge is 2.40. The second kappa shape index (κ2) is 4.31. The SMILES string of the molecule is CCNC(CC(C)(C)C)C(F)(F)F. The van der Waals surface area contributed by atoms with E-state index in [2.05, 4.69) is 5.32 Å². The monoisotopic (exact) mass is 197 g/mol. The van der Waals surface area contributed by atoms with E-state index < -0.39 is 12.2 Å². The molecular weight excluding hydrogens is 179 g/mol. The minimum atomic E-state index is -4.14. The van der Waals surface area contributed by atoms with E-state index in [1.807, 2.05) is 20.8 Å². The second-order valence-electron chi connectivity index (χ2n) is 4.42. The van der Waals surface area contributed by atoms with Crippen molar-refractivity contribution >= 4 is 0 Å². The molecule has 13 heavy (non-hydrogen) atoms. The van der Waals surface area contributed by atoms with Crippen molar-refractivity contribution in [3.8, 4) is 0 Å². The molecule has 0 aromatic rings. The van der Waals surface area contributed by atoms with Crippen LogP contribution in [-0.2, 0) is 0 Å². The molecule has 0 heterocycles. The average molecular weight is 197 g/mol. The Morgan fingerprint density at radius 1 is 1.15 bits per heavy atom. The van der Waals surface area contributed by atoms with Gasteiger partial charge in [-0.05, 0) is 18.4 Å². The Balaban J connectivity index is 4.27. The van der Waals surface area contributed by atoms with Crippen LogP contribution < -0.4 is 5.32 Å². The standard InChI is InChI=1S/C9H18F3N/c1-5-13-7(9(10,11)12)6-8(2,3)4/h7,13H,5-6H2,1-4H3. The van der Waals surface area contributed by atoms with Gasteiger partial charge in [-0.25, -0.2) is 0 Å². The maximum atomic E-state index is 12.4. The van der Waals surface area contributed by atoms with E-state index in [1.165, 1.54) is 0 Å². The Kier molecular flexibility index (Phi) is 4.23. The molecule has 0 bridgehead atoms. The molecule has 1 unspecified atom stereocenters. The van der Waals surface area contributed by atoms with Crippen LogP contribution >= 0.6 is 0 Å². The minimum Gasteiger partial charge on any atom is -0.306 e. The van der Waals surface area contributed by atoms with Crippen LogP contribution in [0.1, 0.15) is 34.1 Å². The van der Waals surface area contributed by atoms with Gasteiger partial charge in [0.05, 0.1) is 0 Å². The summed E-state index contributed by atoms with van der Waals surface area (Å²) in [6.45, 7) is 7.46. The van der Waals surface area contributed by atoms with Crippen molar-refractivity contribution in [3.63, 3.8) is 0 Å². The van der Waals surface area contributed by atoms with Gasteiger partial charge in [-0.1, -0.05) is 27.7 Å². The minimum absolute atomic E-state index is 0.115. The molecule has 0 spiro atoms. The summed E-state index contributed by atoms with van der Waals surface area (Å²) >= 11 is 0. The van der Waals surface area contributed by atoms with Gasteiger partial charge in [0.15, 0.2) is 0 Å². The van der Waals surface area contributed by atoms with Crippen LogP contribution in [0, 0.1) is 5.41 Å². The first-order valence-electron chi connectivity index (χ1n) is 4.47. The third-order valence-corrected chi connectivity index (χ3v) is 1.66. The molecule has 4 heteroatoms. The van der Waals surface area contributed by atoms with Crippen LogP contribution in [0.5, 0.6) is 0 Å². The van der Waals surface area contributed by atoms with Gasteiger partial charge in [0, 0.05) is 0 Å². The predicted octanol–water partition coefficient (Wildman–Crippen LogP) is 2.96. The zero-order chi connectivity index (χ0) is 10.7. The lowest BCUT2D eigenvalue weighted by atomic mass is 9.88. The van der Waals surface area contributed by atoms with E-state index in [9.17, 15) is 13.2 Å². The number of hydrogen-bond donors (Lipinski definition) is 1. The lowest BCUT2D eigenvalue weighted by Crippen LogP contribution is -2.44. The van der Waals surface area contributed by atoms with Crippen molar-refractivity contribution in [2.24, 2.45) is 5.41 Å². The maximum absolute atomic E-state index is 12.4. The molecule has 80 valence electrons. The van der Waals surface area contributed by atoms with Gasteiger partial charge in [0.2, 0.25) is 0 Å². The molecule has 0 saturated heterocycles. The third kappa shape index (κ3) is 5.91. The molecule has 0 aromatic carbocycles. The normalized spacial score (nSPS) is 15.9. The molecule has 0 rings (SSSR count). The van der Waals surface area contributed by atoms with Crippen LogP contribution in [-0.4, -0.2) is 18.8 Å². The van der Waals surface area contributed by atoms with Gasteiger partial charge in [0.1, 0.15) is 6.04 Å². The van der Waals surface area contributed by atoms with Crippen molar-refractivity contribution < 1.29 is 13.2 Å². The molecule has 1 atom stereocenters. The quantitative estimate of drug-likeness (QED) is 0.733. The first-order valence-corrected chi connectivity index (χ1v) is 4.47. The third-order valence-electron chi connectivity index (χ3n) is 1.66. The van der Waals surface area contributed by atoms with E-state index in [0.717, 1.165) is 0 Å². The van der Waals surface area contributed by atoms with Crippen molar-refractivity contribution in [1.82, 2.24) is 5.32 Å². The number of nitrogens with one attached hydrogen (secondary N) is 1. The van der Waals surface area contributed by atoms with E-state index in [1.54, 1.807) is 6.92 Å². The fraction of sp³-hybridized carbons (Fsp3) is 1.00. The highest BCUT2D eigenvalue weighted by atomic mass is 19.4. The molecule has 0 aromatic heterocycles. The van der Waals surface area contributed by atoms with Crippen molar-refractivity contribution in [2.45, 2.75) is 46.3 Å². The number of alkyl halides is 3. The lowest BCUT2D eigenvalue weighted by molar-refractivity contribution is -0.161. The van der Waals surface area contributed by atoms with Crippen LogP contribution in [0.3, 0.4) is 0 Å². The zero-order valence-corrected chi connectivity index (χ0v) is 8.63. The van der Waals surface area contributed by atoms with Crippen LogP contribution in [0.4, 0.5) is 13.2 Å². The van der Waals surface area contributed by atoms with Gasteiger partial charge in [-0.2, -0.15) is 13.2 Å². The van der Waals surface area contributed by atoms with Crippen molar-refractivity contribution in [1.29, 1.82) is 0 Å². The van der Waals surface area contributed by atoms with Gasteiger partial charge < -0.3 is 5.32 Å². The molecule has 0 fully saturated rings. The highest BCUT2D eigenvalue weighted by Crippen LogP contribution is 2.30. The molecule has 0 aliphatic rings. The van der Waals surface area contributed by atoms with Crippen molar-refractivity contribution in [2.75, 3.05) is 6.54 Å². The summed E-state index contributed by atoms with van der Waals surface area (Å²) in [5.41, 5.74) is -0.303. The van der Waals surface area contributed by atoms with Gasteiger partial charge in [-0.15, -0.1) is 0 Å². The van der Waals surface area contributed by atoms with E-state index in [0.29, 0.717) is 6.54 Å². The Bertz CT molecular complexity index is 146. The number of rotatable bonds is 3. The molecule has 0 aliphatic carbocycles. The van der Waals surface area contributed by atoms with E-state index in [4.69, 9.17) is 0 Å². The first kappa shape index (κ1) is 12.8. The first-order chi connectivity index (χ1) is 5.67. The topological polar surface area (TPSA) is 12.0 Å². The summed E-state index contributed by atoms with van der Waals surface area (Å²) in [6.07, 6.45) is -4.02. The molecule has 0 saturated carbocycles. The molecule has 0 aliphatic heterocycles. The highest BCUT2D eigenvalue weighted by molar-refractivity contribution is 4.80. The van der Waals surface area contributed by atoms with E-state index in [-0.39, 0.29) is 11.8 Å². The van der Waals surface area contributed by atoms with Crippen LogP contribution in [0.15, 0.2) is 0 Å². The Hall–Kier alpha value is -0.250. The molecule has 0 amide bonds. The summed E-state index contributed by atoms with van der Waals surface area (Å²) in [5, 5.41) is 2.45. The number of hydrogen-bond acceptors (Lipinski definition) is 1. The zero-order valence-electron chi connectivity index (χ0n) is 8.63. The summed E-state index contributed by atoms with van der Waals surface area (Å²) in [5.74, 6) is 0. The van der Waals surface area contributed by atoms with Crippen LogP contribution in [0.2, 0.25) is 0 Å². The van der Waals surface area contributed by atoms with Gasteiger partial charge >= 0.3 is 6.18 Å². The summed E-state index contributed by atoms with van der Waals surface area (Å²) in [4.78, 5) is 0. The fourth-order valence-electron chi connectivity index (χ4n) is 1.16. The molecule has 1 nitrogen and oxygen atoms in total. The van der Waals surface area contributed by atoms with Gasteiger partial charge in [0.25, 0.3) is 0 Å². The van der Waals surface area contributed by atoms with Crippen molar-refractivity contribution in [3.05, 3.63) is 0 Å². The fourth-order valence-corrected chi connectivity index (χ4v) is 1.16. The smallest absolute Gasteiger partial charge is 0.306 e.